The second-order valence-electron chi connectivity index (χ2n) is 13.3. The molecule has 3 N–H and O–H groups in total. The largest absolute Gasteiger partial charge is 0.496 e. The number of carboxylic acids is 1. The number of aliphatic carboxylic acids is 1. The molecule has 7 rings (SSSR count). The maximum atomic E-state index is 13.5. The zero-order chi connectivity index (χ0) is 37.4. The topological polar surface area (TPSA) is 118 Å². The molecular weight excluding hydrogens is 737 g/mol. The van der Waals surface area contributed by atoms with Crippen molar-refractivity contribution in [3.05, 3.63) is 127 Å². The Hall–Kier alpha value is -4.58. The summed E-state index contributed by atoms with van der Waals surface area (Å²) < 4.78 is 14.1. The summed E-state index contributed by atoms with van der Waals surface area (Å²) in [6.07, 6.45) is 2.00. The maximum absolute atomic E-state index is 13.5. The summed E-state index contributed by atoms with van der Waals surface area (Å²) in [6, 6.07) is 20.9. The predicted molar refractivity (Wildman–Crippen MR) is 206 cm³/mol. The first kappa shape index (κ1) is 36.8. The molecule has 53 heavy (non-hydrogen) atoms. The van der Waals surface area contributed by atoms with Gasteiger partial charge in [0.05, 0.1) is 28.5 Å². The third kappa shape index (κ3) is 7.34. The Labute approximate surface area is 322 Å². The standard InChI is InChI=1S/C40H38Cl3N5O5/c1-47-17-16-32-31(21-47)45-38(48(32)2)39(49)46-30-13-7-11-26(36(30)43)23-9-6-10-25-24(23)14-15-33(25)53-35-19-34(52-3)22(18-29(35)42)20-44-37(40(50)51)27-8-4-5-12-28(27)41/h4-13,18-19,33,37,44H,14-17,20-21H2,1-3H3,(H,46,49)(H,50,51). The van der Waals surface area contributed by atoms with E-state index in [9.17, 15) is 14.7 Å². The smallest absolute Gasteiger partial charge is 0.325 e. The van der Waals surface area contributed by atoms with Crippen LogP contribution in [0.4, 0.5) is 5.69 Å². The van der Waals surface area contributed by atoms with Crippen molar-refractivity contribution in [3.63, 3.8) is 0 Å². The van der Waals surface area contributed by atoms with Crippen LogP contribution in [0.2, 0.25) is 15.1 Å². The molecule has 0 radical (unpaired) electrons. The van der Waals surface area contributed by atoms with Crippen LogP contribution >= 0.6 is 34.8 Å². The third-order valence-corrected chi connectivity index (χ3v) is 11.0. The van der Waals surface area contributed by atoms with Gasteiger partial charge in [0.25, 0.3) is 5.91 Å². The minimum absolute atomic E-state index is 0.155. The number of hydrogen-bond acceptors (Lipinski definition) is 7. The van der Waals surface area contributed by atoms with E-state index in [0.29, 0.717) is 62.2 Å². The number of carbonyl (C=O) groups excluding carboxylic acids is 1. The summed E-state index contributed by atoms with van der Waals surface area (Å²) in [5, 5.41) is 17.1. The first-order valence-corrected chi connectivity index (χ1v) is 18.4. The molecule has 0 bridgehead atoms. The van der Waals surface area contributed by atoms with E-state index in [1.807, 2.05) is 49.0 Å². The van der Waals surface area contributed by atoms with Gasteiger partial charge >= 0.3 is 5.97 Å². The van der Waals surface area contributed by atoms with Crippen LogP contribution in [-0.2, 0) is 37.8 Å². The van der Waals surface area contributed by atoms with Gasteiger partial charge < -0.3 is 29.4 Å². The molecule has 1 amide bonds. The van der Waals surface area contributed by atoms with Crippen molar-refractivity contribution in [3.8, 4) is 22.6 Å². The Bertz CT molecular complexity index is 2220. The van der Waals surface area contributed by atoms with Gasteiger partial charge in [0.2, 0.25) is 0 Å². The Kier molecular flexibility index (Phi) is 10.7. The molecule has 1 aromatic heterocycles. The van der Waals surface area contributed by atoms with Crippen molar-refractivity contribution in [2.45, 2.75) is 44.5 Å². The summed E-state index contributed by atoms with van der Waals surface area (Å²) in [5.41, 5.74) is 7.51. The molecule has 0 saturated heterocycles. The summed E-state index contributed by atoms with van der Waals surface area (Å²) in [7, 11) is 5.47. The molecule has 4 aromatic carbocycles. The highest BCUT2D eigenvalue weighted by Gasteiger charge is 2.30. The molecule has 2 unspecified atom stereocenters. The highest BCUT2D eigenvalue weighted by Crippen LogP contribution is 2.45. The number of ether oxygens (including phenoxy) is 2. The Morgan fingerprint density at radius 2 is 1.74 bits per heavy atom. The lowest BCUT2D eigenvalue weighted by atomic mass is 9.96. The molecule has 0 spiro atoms. The molecular formula is C40H38Cl3N5O5. The number of nitrogens with one attached hydrogen (secondary N) is 2. The normalized spacial score (nSPS) is 15.8. The van der Waals surface area contributed by atoms with E-state index in [2.05, 4.69) is 20.5 Å². The van der Waals surface area contributed by atoms with Crippen molar-refractivity contribution in [1.82, 2.24) is 19.8 Å². The van der Waals surface area contributed by atoms with Gasteiger partial charge in [0, 0.05) is 61.0 Å². The van der Waals surface area contributed by atoms with Crippen molar-refractivity contribution < 1.29 is 24.2 Å². The SMILES string of the molecule is COc1cc(OC2CCc3c(-c4cccc(NC(=O)c5nc6c(n5C)CCN(C)C6)c4Cl)cccc32)c(Cl)cc1CNC(C(=O)O)c1ccccc1Cl. The number of methoxy groups -OCH3 is 1. The molecule has 1 aliphatic heterocycles. The van der Waals surface area contributed by atoms with Crippen molar-refractivity contribution in [1.29, 1.82) is 0 Å². The van der Waals surface area contributed by atoms with Crippen LogP contribution in [0.5, 0.6) is 11.5 Å². The molecule has 0 saturated carbocycles. The molecule has 1 aliphatic carbocycles. The van der Waals surface area contributed by atoms with Gasteiger partial charge in [-0.05, 0) is 60.3 Å². The van der Waals surface area contributed by atoms with Gasteiger partial charge in [-0.3, -0.25) is 14.9 Å². The fourth-order valence-electron chi connectivity index (χ4n) is 7.27. The maximum Gasteiger partial charge on any atom is 0.325 e. The molecule has 5 aromatic rings. The Morgan fingerprint density at radius 1 is 0.962 bits per heavy atom. The lowest BCUT2D eigenvalue weighted by Crippen LogP contribution is -2.28. The zero-order valence-electron chi connectivity index (χ0n) is 29.4. The number of rotatable bonds is 11. The summed E-state index contributed by atoms with van der Waals surface area (Å²) in [5.74, 6) is -0.0751. The number of amides is 1. The molecule has 274 valence electrons. The number of halogens is 3. The van der Waals surface area contributed by atoms with Crippen LogP contribution in [0.3, 0.4) is 0 Å². The Morgan fingerprint density at radius 3 is 2.51 bits per heavy atom. The number of fused-ring (bicyclic) bond motifs is 2. The minimum atomic E-state index is -1.06. The summed E-state index contributed by atoms with van der Waals surface area (Å²) >= 11 is 20.1. The second-order valence-corrected chi connectivity index (χ2v) is 14.5. The van der Waals surface area contributed by atoms with Crippen LogP contribution in [0.25, 0.3) is 11.1 Å². The number of hydrogen-bond donors (Lipinski definition) is 3. The van der Waals surface area contributed by atoms with Gasteiger partial charge in [0.15, 0.2) is 5.82 Å². The van der Waals surface area contributed by atoms with Gasteiger partial charge in [-0.25, -0.2) is 4.98 Å². The highest BCUT2D eigenvalue weighted by atomic mass is 35.5. The number of carbonyl (C=O) groups is 2. The molecule has 13 heteroatoms. The third-order valence-electron chi connectivity index (χ3n) is 9.97. The average molecular weight is 775 g/mol. The predicted octanol–water partition coefficient (Wildman–Crippen LogP) is 8.28. The fourth-order valence-corrected chi connectivity index (χ4v) is 8.02. The van der Waals surface area contributed by atoms with E-state index in [1.54, 1.807) is 49.6 Å². The minimum Gasteiger partial charge on any atom is -0.496 e. The number of nitrogens with zero attached hydrogens (tertiary/aromatic N) is 3. The van der Waals surface area contributed by atoms with E-state index >= 15 is 0 Å². The van der Waals surface area contributed by atoms with Crippen LogP contribution in [0.15, 0.2) is 72.8 Å². The van der Waals surface area contributed by atoms with Crippen molar-refractivity contribution in [2.24, 2.45) is 7.05 Å². The van der Waals surface area contributed by atoms with Gasteiger partial charge in [-0.2, -0.15) is 0 Å². The van der Waals surface area contributed by atoms with Crippen LogP contribution in [-0.4, -0.2) is 52.1 Å². The summed E-state index contributed by atoms with van der Waals surface area (Å²) in [6.45, 7) is 1.78. The van der Waals surface area contributed by atoms with Gasteiger partial charge in [-0.15, -0.1) is 0 Å². The average Bonchev–Trinajstić information content (AvgIpc) is 3.70. The summed E-state index contributed by atoms with van der Waals surface area (Å²) in [4.78, 5) is 32.4. The monoisotopic (exact) mass is 773 g/mol. The first-order valence-electron chi connectivity index (χ1n) is 17.2. The number of carboxylic acid groups (broad SMARTS) is 1. The Balaban J connectivity index is 1.09. The quantitative estimate of drug-likeness (QED) is 0.123. The van der Waals surface area contributed by atoms with Crippen LogP contribution < -0.4 is 20.1 Å². The number of anilines is 1. The molecule has 10 nitrogen and oxygen atoms in total. The van der Waals surface area contributed by atoms with Crippen molar-refractivity contribution >= 4 is 52.4 Å². The lowest BCUT2D eigenvalue weighted by Gasteiger charge is -2.21. The first-order chi connectivity index (χ1) is 25.5. The van der Waals surface area contributed by atoms with E-state index in [-0.39, 0.29) is 18.6 Å². The van der Waals surface area contributed by atoms with E-state index in [0.717, 1.165) is 53.0 Å². The van der Waals surface area contributed by atoms with E-state index in [4.69, 9.17) is 44.3 Å². The lowest BCUT2D eigenvalue weighted by molar-refractivity contribution is -0.139. The fraction of sp³-hybridized carbons (Fsp3) is 0.275. The molecule has 0 fully saturated rings. The zero-order valence-corrected chi connectivity index (χ0v) is 31.6. The van der Waals surface area contributed by atoms with E-state index < -0.39 is 12.0 Å². The van der Waals surface area contributed by atoms with E-state index in [1.165, 1.54) is 0 Å². The van der Waals surface area contributed by atoms with Gasteiger partial charge in [-0.1, -0.05) is 83.3 Å². The van der Waals surface area contributed by atoms with Crippen LogP contribution in [0.1, 0.15) is 62.8 Å². The number of likely N-dealkylation sites (N-methyl/N-ethyl adjacent to an activating group) is 1. The van der Waals surface area contributed by atoms with Crippen LogP contribution in [0, 0.1) is 0 Å². The van der Waals surface area contributed by atoms with Crippen molar-refractivity contribution in [2.75, 3.05) is 26.0 Å². The molecule has 2 aliphatic rings. The van der Waals surface area contributed by atoms with Gasteiger partial charge in [0.1, 0.15) is 23.6 Å². The molecule has 2 atom stereocenters. The number of imidazole rings is 1. The number of aromatic nitrogens is 2. The second kappa shape index (κ2) is 15.4. The number of benzene rings is 4. The highest BCUT2D eigenvalue weighted by molar-refractivity contribution is 6.36. The molecule has 2 heterocycles.